The number of benzene rings is 2. The number of aliphatic hydroxyl groups excluding tert-OH is 1. The molecule has 0 spiro atoms. The van der Waals surface area contributed by atoms with E-state index in [2.05, 4.69) is 5.32 Å². The molecule has 0 aliphatic carbocycles. The van der Waals surface area contributed by atoms with Gasteiger partial charge in [0.25, 0.3) is 0 Å². The Morgan fingerprint density at radius 2 is 1.78 bits per heavy atom. The largest absolute Gasteiger partial charge is 0.491 e. The molecule has 0 heterocycles. The molecule has 0 aromatic heterocycles. The standard InChI is InChI=1S/C18H22N2O3/c19-18(22)10-14-6-8-17(9-7-14)23-13-16(21)12-20-11-15-4-2-1-3-5-15/h1-9,16,20-21H,10-13H2,(H2,19,22). The summed E-state index contributed by atoms with van der Waals surface area (Å²) in [4.78, 5) is 10.8. The topological polar surface area (TPSA) is 84.6 Å². The molecule has 0 radical (unpaired) electrons. The Kier molecular flexibility index (Phi) is 6.59. The van der Waals surface area contributed by atoms with Crippen molar-refractivity contribution in [3.05, 3.63) is 65.7 Å². The number of nitrogens with two attached hydrogens (primary N) is 1. The predicted molar refractivity (Wildman–Crippen MR) is 89.0 cm³/mol. The van der Waals surface area contributed by atoms with E-state index >= 15 is 0 Å². The highest BCUT2D eigenvalue weighted by Crippen LogP contribution is 2.12. The molecular formula is C18H22N2O3. The van der Waals surface area contributed by atoms with Crippen LogP contribution in [0, 0.1) is 0 Å². The minimum absolute atomic E-state index is 0.205. The third-order valence-corrected chi connectivity index (χ3v) is 3.30. The maximum absolute atomic E-state index is 10.8. The highest BCUT2D eigenvalue weighted by atomic mass is 16.5. The van der Waals surface area contributed by atoms with Gasteiger partial charge in [-0.1, -0.05) is 42.5 Å². The van der Waals surface area contributed by atoms with E-state index in [1.165, 1.54) is 5.56 Å². The Balaban J connectivity index is 1.67. The minimum atomic E-state index is -0.594. The number of hydrogen-bond acceptors (Lipinski definition) is 4. The summed E-state index contributed by atoms with van der Waals surface area (Å²) in [6.07, 6.45) is -0.379. The summed E-state index contributed by atoms with van der Waals surface area (Å²) < 4.78 is 5.52. The van der Waals surface area contributed by atoms with Crippen molar-refractivity contribution in [3.8, 4) is 5.75 Å². The van der Waals surface area contributed by atoms with Crippen LogP contribution in [0.3, 0.4) is 0 Å². The van der Waals surface area contributed by atoms with Crippen molar-refractivity contribution in [1.29, 1.82) is 0 Å². The predicted octanol–water partition coefficient (Wildman–Crippen LogP) is 1.24. The average molecular weight is 314 g/mol. The fraction of sp³-hybridized carbons (Fsp3) is 0.278. The maximum atomic E-state index is 10.8. The van der Waals surface area contributed by atoms with E-state index in [4.69, 9.17) is 10.5 Å². The lowest BCUT2D eigenvalue weighted by Crippen LogP contribution is -2.31. The zero-order valence-electron chi connectivity index (χ0n) is 12.9. The summed E-state index contributed by atoms with van der Waals surface area (Å²) in [5, 5.41) is 13.1. The Labute approximate surface area is 136 Å². The van der Waals surface area contributed by atoms with Gasteiger partial charge in [0.2, 0.25) is 5.91 Å². The number of ether oxygens (including phenoxy) is 1. The molecule has 23 heavy (non-hydrogen) atoms. The summed E-state index contributed by atoms with van der Waals surface area (Å²) in [5.74, 6) is 0.291. The number of rotatable bonds is 9. The molecule has 2 aromatic carbocycles. The SMILES string of the molecule is NC(=O)Cc1ccc(OCC(O)CNCc2ccccc2)cc1. The lowest BCUT2D eigenvalue weighted by atomic mass is 10.1. The van der Waals surface area contributed by atoms with Gasteiger partial charge in [0.05, 0.1) is 6.42 Å². The molecule has 0 fully saturated rings. The minimum Gasteiger partial charge on any atom is -0.491 e. The highest BCUT2D eigenvalue weighted by Gasteiger charge is 2.05. The van der Waals surface area contributed by atoms with Gasteiger partial charge in [-0.15, -0.1) is 0 Å². The molecule has 0 aliphatic heterocycles. The number of primary amides is 1. The second-order valence-electron chi connectivity index (χ2n) is 5.37. The van der Waals surface area contributed by atoms with Crippen LogP contribution in [-0.4, -0.2) is 30.3 Å². The van der Waals surface area contributed by atoms with Crippen LogP contribution < -0.4 is 15.8 Å². The van der Waals surface area contributed by atoms with Crippen LogP contribution >= 0.6 is 0 Å². The van der Waals surface area contributed by atoms with Gasteiger partial charge in [0.1, 0.15) is 18.5 Å². The van der Waals surface area contributed by atoms with Gasteiger partial charge in [0, 0.05) is 13.1 Å². The quantitative estimate of drug-likeness (QED) is 0.650. The molecule has 1 amide bonds. The van der Waals surface area contributed by atoms with Gasteiger partial charge >= 0.3 is 0 Å². The molecule has 0 saturated carbocycles. The number of hydrogen-bond donors (Lipinski definition) is 3. The molecule has 2 aromatic rings. The van der Waals surface area contributed by atoms with Crippen molar-refractivity contribution in [3.63, 3.8) is 0 Å². The lowest BCUT2D eigenvalue weighted by molar-refractivity contribution is -0.117. The van der Waals surface area contributed by atoms with Crippen molar-refractivity contribution >= 4 is 5.91 Å². The van der Waals surface area contributed by atoms with Gasteiger partial charge < -0.3 is 20.9 Å². The molecule has 5 heteroatoms. The second kappa shape index (κ2) is 8.92. The average Bonchev–Trinajstić information content (AvgIpc) is 2.55. The maximum Gasteiger partial charge on any atom is 0.221 e. The summed E-state index contributed by atoms with van der Waals surface area (Å²) >= 11 is 0. The molecule has 0 aliphatic rings. The molecule has 4 N–H and O–H groups in total. The van der Waals surface area contributed by atoms with E-state index in [0.717, 1.165) is 5.56 Å². The number of carbonyl (C=O) groups is 1. The van der Waals surface area contributed by atoms with Crippen molar-refractivity contribution in [2.75, 3.05) is 13.2 Å². The third kappa shape index (κ3) is 6.50. The van der Waals surface area contributed by atoms with Crippen LogP contribution in [0.1, 0.15) is 11.1 Å². The van der Waals surface area contributed by atoms with Crippen LogP contribution in [0.2, 0.25) is 0 Å². The first-order valence-electron chi connectivity index (χ1n) is 7.56. The zero-order valence-corrected chi connectivity index (χ0v) is 12.9. The van der Waals surface area contributed by atoms with Crippen molar-refractivity contribution in [1.82, 2.24) is 5.32 Å². The van der Waals surface area contributed by atoms with Crippen LogP contribution in [0.5, 0.6) is 5.75 Å². The first kappa shape index (κ1) is 17.0. The first-order chi connectivity index (χ1) is 11.1. The van der Waals surface area contributed by atoms with E-state index < -0.39 is 6.10 Å². The fourth-order valence-electron chi connectivity index (χ4n) is 2.14. The Hall–Kier alpha value is -2.37. The summed E-state index contributed by atoms with van der Waals surface area (Å²) in [6.45, 7) is 1.37. The van der Waals surface area contributed by atoms with E-state index in [0.29, 0.717) is 18.8 Å². The molecule has 1 unspecified atom stereocenters. The van der Waals surface area contributed by atoms with Crippen LogP contribution in [0.25, 0.3) is 0 Å². The smallest absolute Gasteiger partial charge is 0.221 e. The van der Waals surface area contributed by atoms with Gasteiger partial charge in [0.15, 0.2) is 0 Å². The van der Waals surface area contributed by atoms with Crippen molar-refractivity contribution in [2.45, 2.75) is 19.1 Å². The summed E-state index contributed by atoms with van der Waals surface area (Å²) in [7, 11) is 0. The Morgan fingerprint density at radius 3 is 2.43 bits per heavy atom. The van der Waals surface area contributed by atoms with E-state index in [1.54, 1.807) is 24.3 Å². The third-order valence-electron chi connectivity index (χ3n) is 3.30. The Morgan fingerprint density at radius 1 is 1.09 bits per heavy atom. The number of nitrogens with one attached hydrogen (secondary N) is 1. The number of carbonyl (C=O) groups excluding carboxylic acids is 1. The fourth-order valence-corrected chi connectivity index (χ4v) is 2.14. The van der Waals surface area contributed by atoms with E-state index in [-0.39, 0.29) is 18.9 Å². The summed E-state index contributed by atoms with van der Waals surface area (Å²) in [5.41, 5.74) is 7.15. The zero-order chi connectivity index (χ0) is 16.5. The van der Waals surface area contributed by atoms with E-state index in [9.17, 15) is 9.90 Å². The van der Waals surface area contributed by atoms with Gasteiger partial charge in [-0.05, 0) is 23.3 Å². The van der Waals surface area contributed by atoms with E-state index in [1.807, 2.05) is 30.3 Å². The molecule has 0 saturated heterocycles. The molecule has 0 bridgehead atoms. The highest BCUT2D eigenvalue weighted by molar-refractivity contribution is 5.76. The molecule has 2 rings (SSSR count). The monoisotopic (exact) mass is 314 g/mol. The second-order valence-corrected chi connectivity index (χ2v) is 5.37. The first-order valence-corrected chi connectivity index (χ1v) is 7.56. The normalized spacial score (nSPS) is 11.9. The molecule has 122 valence electrons. The Bertz CT molecular complexity index is 599. The van der Waals surface area contributed by atoms with Gasteiger partial charge in [-0.25, -0.2) is 0 Å². The number of aliphatic hydroxyl groups is 1. The van der Waals surface area contributed by atoms with Crippen LogP contribution in [0.15, 0.2) is 54.6 Å². The summed E-state index contributed by atoms with van der Waals surface area (Å²) in [6, 6.07) is 17.1. The van der Waals surface area contributed by atoms with Gasteiger partial charge in [-0.2, -0.15) is 0 Å². The van der Waals surface area contributed by atoms with Crippen molar-refractivity contribution < 1.29 is 14.6 Å². The molecule has 1 atom stereocenters. The van der Waals surface area contributed by atoms with Crippen molar-refractivity contribution in [2.24, 2.45) is 5.73 Å². The van der Waals surface area contributed by atoms with Crippen LogP contribution in [-0.2, 0) is 17.8 Å². The van der Waals surface area contributed by atoms with Crippen LogP contribution in [0.4, 0.5) is 0 Å². The molecule has 5 nitrogen and oxygen atoms in total. The molecular weight excluding hydrogens is 292 g/mol. The van der Waals surface area contributed by atoms with Gasteiger partial charge in [-0.3, -0.25) is 4.79 Å². The lowest BCUT2D eigenvalue weighted by Gasteiger charge is -2.13. The number of amides is 1.